The minimum atomic E-state index is -0.854. The molecule has 0 spiro atoms. The summed E-state index contributed by atoms with van der Waals surface area (Å²) >= 11 is 0. The average molecular weight is 243 g/mol. The summed E-state index contributed by atoms with van der Waals surface area (Å²) in [7, 11) is 0. The van der Waals surface area contributed by atoms with Crippen LogP contribution in [0.25, 0.3) is 0 Å². The quantitative estimate of drug-likeness (QED) is 0.686. The minimum Gasteiger partial charge on any atom is -0.481 e. The molecule has 0 fully saturated rings. The molecule has 0 aliphatic heterocycles. The number of aliphatic carboxylic acids is 1. The molecule has 0 amide bonds. The molecule has 0 heterocycles. The summed E-state index contributed by atoms with van der Waals surface area (Å²) in [6.45, 7) is 9.34. The van der Waals surface area contributed by atoms with Crippen LogP contribution in [-0.4, -0.2) is 28.4 Å². The van der Waals surface area contributed by atoms with E-state index in [9.17, 15) is 9.59 Å². The molecular weight excluding hydrogens is 218 g/mol. The van der Waals surface area contributed by atoms with Crippen molar-refractivity contribution in [1.29, 1.82) is 0 Å². The molecule has 0 aromatic heterocycles. The van der Waals surface area contributed by atoms with E-state index in [4.69, 9.17) is 5.11 Å². The van der Waals surface area contributed by atoms with E-state index < -0.39 is 11.9 Å². The van der Waals surface area contributed by atoms with Crippen molar-refractivity contribution in [3.05, 3.63) is 0 Å². The van der Waals surface area contributed by atoms with Crippen molar-refractivity contribution < 1.29 is 14.7 Å². The molecule has 100 valence electrons. The molecule has 2 atom stereocenters. The SMILES string of the molecule is CCC(C)(CC)NC(CC(C)C(=O)O)C(C)=O. The number of carboxylic acid groups (broad SMARTS) is 1. The minimum absolute atomic E-state index is 0.00576. The summed E-state index contributed by atoms with van der Waals surface area (Å²) in [5.41, 5.74) is -0.103. The Labute approximate surface area is 104 Å². The maximum Gasteiger partial charge on any atom is 0.306 e. The van der Waals surface area contributed by atoms with Crippen molar-refractivity contribution in [2.75, 3.05) is 0 Å². The first-order valence-electron chi connectivity index (χ1n) is 6.26. The molecule has 0 aromatic carbocycles. The lowest BCUT2D eigenvalue weighted by Gasteiger charge is -2.33. The summed E-state index contributed by atoms with van der Waals surface area (Å²) in [6, 6.07) is -0.369. The van der Waals surface area contributed by atoms with Gasteiger partial charge in [-0.1, -0.05) is 20.8 Å². The Kier molecular flexibility index (Phi) is 6.39. The fourth-order valence-corrected chi connectivity index (χ4v) is 1.66. The van der Waals surface area contributed by atoms with Gasteiger partial charge in [0, 0.05) is 5.54 Å². The smallest absolute Gasteiger partial charge is 0.306 e. The van der Waals surface area contributed by atoms with Gasteiger partial charge in [0.25, 0.3) is 0 Å². The highest BCUT2D eigenvalue weighted by Crippen LogP contribution is 2.17. The molecule has 17 heavy (non-hydrogen) atoms. The van der Waals surface area contributed by atoms with Crippen LogP contribution in [0.4, 0.5) is 0 Å². The number of nitrogens with one attached hydrogen (secondary N) is 1. The molecule has 0 aliphatic rings. The molecule has 0 aromatic rings. The standard InChI is InChI=1S/C13H25NO3/c1-6-13(5,7-2)14-11(10(4)15)8-9(3)12(16)17/h9,11,14H,6-8H2,1-5H3,(H,16,17). The largest absolute Gasteiger partial charge is 0.481 e. The molecule has 2 N–H and O–H groups in total. The number of carboxylic acids is 1. The Balaban J connectivity index is 4.65. The van der Waals surface area contributed by atoms with E-state index in [0.29, 0.717) is 6.42 Å². The summed E-state index contributed by atoms with van der Waals surface area (Å²) in [6.07, 6.45) is 2.17. The second kappa shape index (κ2) is 6.74. The number of carbonyl (C=O) groups is 2. The highest BCUT2D eigenvalue weighted by atomic mass is 16.4. The maximum absolute atomic E-state index is 11.6. The van der Waals surface area contributed by atoms with Gasteiger partial charge in [0.1, 0.15) is 5.78 Å². The number of carbonyl (C=O) groups excluding carboxylic acids is 1. The Bertz CT molecular complexity index is 272. The lowest BCUT2D eigenvalue weighted by molar-refractivity contribution is -0.141. The van der Waals surface area contributed by atoms with Crippen molar-refractivity contribution in [1.82, 2.24) is 5.32 Å². The van der Waals surface area contributed by atoms with E-state index >= 15 is 0 Å². The van der Waals surface area contributed by atoms with Crippen molar-refractivity contribution >= 4 is 11.8 Å². The van der Waals surface area contributed by atoms with Crippen molar-refractivity contribution in [3.63, 3.8) is 0 Å². The Hall–Kier alpha value is -0.900. The third-order valence-electron chi connectivity index (χ3n) is 3.58. The van der Waals surface area contributed by atoms with Gasteiger partial charge in [-0.15, -0.1) is 0 Å². The highest BCUT2D eigenvalue weighted by Gasteiger charge is 2.28. The van der Waals surface area contributed by atoms with Gasteiger partial charge < -0.3 is 10.4 Å². The maximum atomic E-state index is 11.6. The summed E-state index contributed by atoms with van der Waals surface area (Å²) < 4.78 is 0. The van der Waals surface area contributed by atoms with Crippen LogP contribution in [0.5, 0.6) is 0 Å². The molecule has 0 bridgehead atoms. The first-order chi connectivity index (χ1) is 7.75. The first kappa shape index (κ1) is 16.1. The van der Waals surface area contributed by atoms with Crippen LogP contribution in [-0.2, 0) is 9.59 Å². The van der Waals surface area contributed by atoms with Crippen LogP contribution >= 0.6 is 0 Å². The molecule has 0 radical (unpaired) electrons. The normalized spacial score (nSPS) is 15.4. The molecule has 4 nitrogen and oxygen atoms in total. The van der Waals surface area contributed by atoms with Gasteiger partial charge in [-0.2, -0.15) is 0 Å². The monoisotopic (exact) mass is 243 g/mol. The van der Waals surface area contributed by atoms with E-state index in [1.54, 1.807) is 6.92 Å². The number of Topliss-reactive ketones (excluding diaryl/α,β-unsaturated/α-hetero) is 1. The lowest BCUT2D eigenvalue weighted by Crippen LogP contribution is -2.51. The predicted octanol–water partition coefficient (Wildman–Crippen LogP) is 2.22. The van der Waals surface area contributed by atoms with Gasteiger partial charge in [0.15, 0.2) is 0 Å². The number of ketones is 1. The van der Waals surface area contributed by atoms with Crippen LogP contribution < -0.4 is 5.32 Å². The van der Waals surface area contributed by atoms with Crippen molar-refractivity contribution in [3.8, 4) is 0 Å². The topological polar surface area (TPSA) is 66.4 Å². The molecular formula is C13H25NO3. The second-order valence-electron chi connectivity index (χ2n) is 5.05. The third-order valence-corrected chi connectivity index (χ3v) is 3.58. The lowest BCUT2D eigenvalue weighted by atomic mass is 9.91. The molecule has 4 heteroatoms. The third kappa shape index (κ3) is 5.31. The second-order valence-corrected chi connectivity index (χ2v) is 5.05. The van der Waals surface area contributed by atoms with Crippen LogP contribution in [0.3, 0.4) is 0 Å². The molecule has 2 unspecified atom stereocenters. The van der Waals surface area contributed by atoms with E-state index in [-0.39, 0.29) is 17.4 Å². The molecule has 0 aliphatic carbocycles. The summed E-state index contributed by atoms with van der Waals surface area (Å²) in [4.78, 5) is 22.4. The van der Waals surface area contributed by atoms with Crippen LogP contribution in [0.1, 0.15) is 53.9 Å². The summed E-state index contributed by atoms with van der Waals surface area (Å²) in [5.74, 6) is -1.35. The van der Waals surface area contributed by atoms with Gasteiger partial charge in [-0.25, -0.2) is 0 Å². The van der Waals surface area contributed by atoms with Gasteiger partial charge in [0.2, 0.25) is 0 Å². The van der Waals surface area contributed by atoms with Gasteiger partial charge in [-0.05, 0) is 33.1 Å². The number of rotatable bonds is 8. The highest BCUT2D eigenvalue weighted by molar-refractivity contribution is 5.82. The van der Waals surface area contributed by atoms with Gasteiger partial charge in [-0.3, -0.25) is 9.59 Å². The first-order valence-corrected chi connectivity index (χ1v) is 6.26. The zero-order valence-electron chi connectivity index (χ0n) is 11.5. The van der Waals surface area contributed by atoms with Crippen molar-refractivity contribution in [2.24, 2.45) is 5.92 Å². The fourth-order valence-electron chi connectivity index (χ4n) is 1.66. The number of hydrogen-bond donors (Lipinski definition) is 2. The fraction of sp³-hybridized carbons (Fsp3) is 0.846. The number of hydrogen-bond acceptors (Lipinski definition) is 3. The Morgan fingerprint density at radius 2 is 1.76 bits per heavy atom. The molecule has 0 saturated carbocycles. The average Bonchev–Trinajstić information content (AvgIpc) is 2.27. The van der Waals surface area contributed by atoms with Crippen LogP contribution in [0.15, 0.2) is 0 Å². The van der Waals surface area contributed by atoms with Gasteiger partial charge in [0.05, 0.1) is 12.0 Å². The van der Waals surface area contributed by atoms with E-state index in [0.717, 1.165) is 12.8 Å². The Morgan fingerprint density at radius 3 is 2.06 bits per heavy atom. The molecule has 0 rings (SSSR count). The van der Waals surface area contributed by atoms with Crippen LogP contribution in [0.2, 0.25) is 0 Å². The summed E-state index contributed by atoms with van der Waals surface area (Å²) in [5, 5.41) is 12.2. The van der Waals surface area contributed by atoms with E-state index in [1.807, 2.05) is 0 Å². The van der Waals surface area contributed by atoms with E-state index in [2.05, 4.69) is 26.1 Å². The zero-order valence-corrected chi connectivity index (χ0v) is 11.5. The van der Waals surface area contributed by atoms with Crippen molar-refractivity contribution in [2.45, 2.75) is 65.5 Å². The molecule has 0 saturated heterocycles. The Morgan fingerprint density at radius 1 is 1.29 bits per heavy atom. The van der Waals surface area contributed by atoms with Crippen LogP contribution in [0, 0.1) is 5.92 Å². The predicted molar refractivity (Wildman–Crippen MR) is 68.0 cm³/mol. The zero-order chi connectivity index (χ0) is 13.6. The van der Waals surface area contributed by atoms with E-state index in [1.165, 1.54) is 6.92 Å². The van der Waals surface area contributed by atoms with Gasteiger partial charge >= 0.3 is 5.97 Å².